The number of rotatable bonds is 16. The van der Waals surface area contributed by atoms with Crippen LogP contribution in [0.25, 0.3) is 0 Å². The first-order valence-electron chi connectivity index (χ1n) is 10.5. The SMILES string of the molecule is CCCN(CCC)CCCCN(CCCC(=O)O)Cc1ccc(CN)cc1. The van der Waals surface area contributed by atoms with Crippen molar-refractivity contribution in [1.82, 2.24) is 9.80 Å². The summed E-state index contributed by atoms with van der Waals surface area (Å²) in [5.74, 6) is -0.711. The van der Waals surface area contributed by atoms with E-state index in [1.165, 1.54) is 37.9 Å². The van der Waals surface area contributed by atoms with Crippen LogP contribution in [-0.4, -0.2) is 53.6 Å². The van der Waals surface area contributed by atoms with Crippen molar-refractivity contribution in [2.24, 2.45) is 5.73 Å². The first-order valence-corrected chi connectivity index (χ1v) is 10.5. The molecule has 0 bridgehead atoms. The van der Waals surface area contributed by atoms with E-state index >= 15 is 0 Å². The Morgan fingerprint density at radius 3 is 1.89 bits per heavy atom. The Hall–Kier alpha value is -1.43. The van der Waals surface area contributed by atoms with Gasteiger partial charge >= 0.3 is 5.97 Å². The van der Waals surface area contributed by atoms with Crippen molar-refractivity contribution >= 4 is 5.97 Å². The van der Waals surface area contributed by atoms with Crippen molar-refractivity contribution in [3.63, 3.8) is 0 Å². The second-order valence-corrected chi connectivity index (χ2v) is 7.34. The Bertz CT molecular complexity index is 499. The van der Waals surface area contributed by atoms with Gasteiger partial charge < -0.3 is 15.7 Å². The number of aliphatic carboxylic acids is 1. The molecule has 0 heterocycles. The van der Waals surface area contributed by atoms with Crippen molar-refractivity contribution in [3.8, 4) is 0 Å². The van der Waals surface area contributed by atoms with Crippen molar-refractivity contribution in [2.45, 2.75) is 65.5 Å². The molecule has 5 heteroatoms. The molecule has 0 atom stereocenters. The molecule has 1 aromatic carbocycles. The molecule has 1 rings (SSSR count). The number of hydrogen-bond donors (Lipinski definition) is 2. The van der Waals surface area contributed by atoms with E-state index in [0.717, 1.165) is 38.2 Å². The van der Waals surface area contributed by atoms with Gasteiger partial charge in [-0.15, -0.1) is 0 Å². The molecule has 0 aliphatic heterocycles. The highest BCUT2D eigenvalue weighted by Gasteiger charge is 2.09. The number of carboxylic acid groups (broad SMARTS) is 1. The number of nitrogens with two attached hydrogens (primary N) is 1. The molecule has 0 spiro atoms. The van der Waals surface area contributed by atoms with Gasteiger partial charge in [-0.2, -0.15) is 0 Å². The van der Waals surface area contributed by atoms with E-state index in [9.17, 15) is 4.79 Å². The lowest BCUT2D eigenvalue weighted by Gasteiger charge is -2.24. The highest BCUT2D eigenvalue weighted by molar-refractivity contribution is 5.66. The van der Waals surface area contributed by atoms with Gasteiger partial charge in [0.1, 0.15) is 0 Å². The molecule has 0 aromatic heterocycles. The van der Waals surface area contributed by atoms with E-state index in [1.807, 2.05) is 0 Å². The third-order valence-corrected chi connectivity index (χ3v) is 4.81. The van der Waals surface area contributed by atoms with Gasteiger partial charge in [0.2, 0.25) is 0 Å². The second-order valence-electron chi connectivity index (χ2n) is 7.34. The molecule has 0 aliphatic rings. The molecule has 0 amide bonds. The van der Waals surface area contributed by atoms with E-state index in [4.69, 9.17) is 10.8 Å². The maximum absolute atomic E-state index is 10.8. The zero-order chi connectivity index (χ0) is 19.9. The monoisotopic (exact) mass is 377 g/mol. The van der Waals surface area contributed by atoms with Gasteiger partial charge in [-0.3, -0.25) is 9.69 Å². The lowest BCUT2D eigenvalue weighted by molar-refractivity contribution is -0.137. The second kappa shape index (κ2) is 14.6. The fraction of sp³-hybridized carbons (Fsp3) is 0.682. The van der Waals surface area contributed by atoms with Crippen LogP contribution in [0.2, 0.25) is 0 Å². The van der Waals surface area contributed by atoms with Gasteiger partial charge in [-0.05, 0) is 76.0 Å². The molecule has 0 saturated heterocycles. The largest absolute Gasteiger partial charge is 0.481 e. The summed E-state index contributed by atoms with van der Waals surface area (Å²) in [4.78, 5) is 15.8. The maximum atomic E-state index is 10.8. The quantitative estimate of drug-likeness (QED) is 0.430. The lowest BCUT2D eigenvalue weighted by atomic mass is 10.1. The van der Waals surface area contributed by atoms with Crippen molar-refractivity contribution < 1.29 is 9.90 Å². The molecule has 0 fully saturated rings. The Morgan fingerprint density at radius 2 is 1.37 bits per heavy atom. The fourth-order valence-electron chi connectivity index (χ4n) is 3.40. The smallest absolute Gasteiger partial charge is 0.303 e. The molecule has 3 N–H and O–H groups in total. The molecule has 27 heavy (non-hydrogen) atoms. The Balaban J connectivity index is 2.48. The zero-order valence-corrected chi connectivity index (χ0v) is 17.3. The first kappa shape index (κ1) is 23.6. The Kier molecular flexibility index (Phi) is 12.8. The van der Waals surface area contributed by atoms with Gasteiger partial charge in [0.25, 0.3) is 0 Å². The number of hydrogen-bond acceptors (Lipinski definition) is 4. The number of carbonyl (C=O) groups is 1. The zero-order valence-electron chi connectivity index (χ0n) is 17.3. The van der Waals surface area contributed by atoms with Gasteiger partial charge in [0.15, 0.2) is 0 Å². The summed E-state index contributed by atoms with van der Waals surface area (Å²) < 4.78 is 0. The third kappa shape index (κ3) is 11.1. The predicted molar refractivity (Wildman–Crippen MR) is 113 cm³/mol. The summed E-state index contributed by atoms with van der Waals surface area (Å²) in [6.07, 6.45) is 5.71. The van der Waals surface area contributed by atoms with Crippen LogP contribution in [0.4, 0.5) is 0 Å². The molecular weight excluding hydrogens is 338 g/mol. The molecule has 1 aromatic rings. The summed E-state index contributed by atoms with van der Waals surface area (Å²) in [5.41, 5.74) is 8.08. The van der Waals surface area contributed by atoms with E-state index < -0.39 is 5.97 Å². The summed E-state index contributed by atoms with van der Waals surface area (Å²) >= 11 is 0. The summed E-state index contributed by atoms with van der Waals surface area (Å²) in [6, 6.07) is 8.43. The van der Waals surface area contributed by atoms with Gasteiger partial charge in [-0.25, -0.2) is 0 Å². The van der Waals surface area contributed by atoms with Crippen molar-refractivity contribution in [3.05, 3.63) is 35.4 Å². The average Bonchev–Trinajstić information content (AvgIpc) is 2.65. The molecule has 0 aliphatic carbocycles. The standard InChI is InChI=1S/C22H39N3O2/c1-3-13-24(14-4-2)15-5-6-16-25(17-7-8-22(26)27)19-21-11-9-20(18-23)10-12-21/h9-12H,3-8,13-19,23H2,1-2H3,(H,26,27). The lowest BCUT2D eigenvalue weighted by Crippen LogP contribution is -2.29. The minimum atomic E-state index is -0.711. The van der Waals surface area contributed by atoms with E-state index in [2.05, 4.69) is 47.9 Å². The maximum Gasteiger partial charge on any atom is 0.303 e. The van der Waals surface area contributed by atoms with Crippen molar-refractivity contribution in [2.75, 3.05) is 32.7 Å². The van der Waals surface area contributed by atoms with Crippen LogP contribution in [0.3, 0.4) is 0 Å². The predicted octanol–water partition coefficient (Wildman–Crippen LogP) is 3.71. The highest BCUT2D eigenvalue weighted by Crippen LogP contribution is 2.10. The Labute approximate surface area is 165 Å². The van der Waals surface area contributed by atoms with Crippen LogP contribution < -0.4 is 5.73 Å². The van der Waals surface area contributed by atoms with E-state index in [0.29, 0.717) is 13.0 Å². The van der Waals surface area contributed by atoms with Gasteiger partial charge in [-0.1, -0.05) is 38.1 Å². The first-order chi connectivity index (χ1) is 13.1. The fourth-order valence-corrected chi connectivity index (χ4v) is 3.40. The average molecular weight is 378 g/mol. The van der Waals surface area contributed by atoms with Crippen LogP contribution in [0.1, 0.15) is 63.5 Å². The number of benzene rings is 1. The molecule has 0 saturated carbocycles. The summed E-state index contributed by atoms with van der Waals surface area (Å²) in [7, 11) is 0. The van der Waals surface area contributed by atoms with Crippen LogP contribution in [0, 0.1) is 0 Å². The minimum absolute atomic E-state index is 0.239. The number of carboxylic acids is 1. The van der Waals surface area contributed by atoms with Crippen LogP contribution in [0.5, 0.6) is 0 Å². The molecule has 154 valence electrons. The normalized spacial score (nSPS) is 11.4. The van der Waals surface area contributed by atoms with Crippen LogP contribution >= 0.6 is 0 Å². The third-order valence-electron chi connectivity index (χ3n) is 4.81. The van der Waals surface area contributed by atoms with Gasteiger partial charge in [0.05, 0.1) is 0 Å². The summed E-state index contributed by atoms with van der Waals surface area (Å²) in [5, 5.41) is 8.91. The molecule has 0 radical (unpaired) electrons. The Morgan fingerprint density at radius 1 is 0.852 bits per heavy atom. The van der Waals surface area contributed by atoms with Crippen molar-refractivity contribution in [1.29, 1.82) is 0 Å². The van der Waals surface area contributed by atoms with Crippen LogP contribution in [0.15, 0.2) is 24.3 Å². The van der Waals surface area contributed by atoms with Crippen LogP contribution in [-0.2, 0) is 17.9 Å². The van der Waals surface area contributed by atoms with Gasteiger partial charge in [0, 0.05) is 19.5 Å². The van der Waals surface area contributed by atoms with E-state index in [-0.39, 0.29) is 6.42 Å². The minimum Gasteiger partial charge on any atom is -0.481 e. The molecule has 5 nitrogen and oxygen atoms in total. The van der Waals surface area contributed by atoms with E-state index in [1.54, 1.807) is 0 Å². The highest BCUT2D eigenvalue weighted by atomic mass is 16.4. The summed E-state index contributed by atoms with van der Waals surface area (Å²) in [6.45, 7) is 11.3. The molecular formula is C22H39N3O2. The number of unbranched alkanes of at least 4 members (excludes halogenated alkanes) is 1. The number of nitrogens with zero attached hydrogens (tertiary/aromatic N) is 2. The molecule has 0 unspecified atom stereocenters. The topological polar surface area (TPSA) is 69.8 Å².